The van der Waals surface area contributed by atoms with Crippen molar-refractivity contribution in [3.05, 3.63) is 35.9 Å². The zero-order valence-electron chi connectivity index (χ0n) is 11.3. The van der Waals surface area contributed by atoms with E-state index in [1.165, 1.54) is 0 Å². The Hall–Kier alpha value is -1.24. The van der Waals surface area contributed by atoms with Gasteiger partial charge in [0.05, 0.1) is 6.61 Å². The summed E-state index contributed by atoms with van der Waals surface area (Å²) in [6.07, 6.45) is -0.425. The number of benzene rings is 1. The van der Waals surface area contributed by atoms with Crippen LogP contribution in [0.5, 0.6) is 0 Å². The van der Waals surface area contributed by atoms with Crippen molar-refractivity contribution < 1.29 is 13.7 Å². The summed E-state index contributed by atoms with van der Waals surface area (Å²) in [4.78, 5) is 11.8. The number of carbonyl (C=O) groups excluding carboxylic acids is 1. The van der Waals surface area contributed by atoms with Crippen molar-refractivity contribution in [2.24, 2.45) is 0 Å². The van der Waals surface area contributed by atoms with E-state index in [0.717, 1.165) is 12.1 Å². The van der Waals surface area contributed by atoms with E-state index in [1.807, 2.05) is 30.3 Å². The summed E-state index contributed by atoms with van der Waals surface area (Å²) in [6, 6.07) is 9.71. The van der Waals surface area contributed by atoms with E-state index in [0.29, 0.717) is 31.2 Å². The third-order valence-electron chi connectivity index (χ3n) is 3.02. The topological polar surface area (TPSA) is 67.4 Å². The average molecular weight is 296 g/mol. The summed E-state index contributed by atoms with van der Waals surface area (Å²) in [6.45, 7) is 2.29. The first-order valence-electron chi connectivity index (χ1n) is 6.74. The number of hydrogen-bond acceptors (Lipinski definition) is 4. The lowest BCUT2D eigenvalue weighted by molar-refractivity contribution is -0.134. The van der Waals surface area contributed by atoms with Crippen LogP contribution >= 0.6 is 0 Å². The molecule has 0 radical (unpaired) electrons. The van der Waals surface area contributed by atoms with Crippen molar-refractivity contribution in [3.8, 4) is 0 Å². The van der Waals surface area contributed by atoms with Gasteiger partial charge in [0.25, 0.3) is 0 Å². The predicted molar refractivity (Wildman–Crippen MR) is 78.8 cm³/mol. The highest BCUT2D eigenvalue weighted by Crippen LogP contribution is 2.02. The first kappa shape index (κ1) is 15.2. The van der Waals surface area contributed by atoms with Crippen LogP contribution in [0.3, 0.4) is 0 Å². The quantitative estimate of drug-likeness (QED) is 0.778. The van der Waals surface area contributed by atoms with Crippen LogP contribution in [-0.4, -0.2) is 48.2 Å². The van der Waals surface area contributed by atoms with E-state index < -0.39 is 16.9 Å². The van der Waals surface area contributed by atoms with E-state index in [2.05, 4.69) is 10.6 Å². The minimum Gasteiger partial charge on any atom is -0.366 e. The predicted octanol–water partition coefficient (Wildman–Crippen LogP) is 0.0399. The molecule has 1 saturated heterocycles. The van der Waals surface area contributed by atoms with Crippen LogP contribution in [0.4, 0.5) is 0 Å². The van der Waals surface area contributed by atoms with Crippen molar-refractivity contribution in [3.63, 3.8) is 0 Å². The second kappa shape index (κ2) is 8.14. The maximum absolute atomic E-state index is 11.9. The smallest absolute Gasteiger partial charge is 0.250 e. The SMILES string of the molecule is O=C(NCCS(=O)Cc1ccccc1)C1CNCCO1. The van der Waals surface area contributed by atoms with Crippen LogP contribution in [0, 0.1) is 0 Å². The average Bonchev–Trinajstić information content (AvgIpc) is 2.49. The summed E-state index contributed by atoms with van der Waals surface area (Å²) in [5.41, 5.74) is 1.05. The Kier molecular flexibility index (Phi) is 6.17. The molecule has 2 N–H and O–H groups in total. The van der Waals surface area contributed by atoms with Gasteiger partial charge in [0.2, 0.25) is 5.91 Å². The number of nitrogens with one attached hydrogen (secondary N) is 2. The van der Waals surface area contributed by atoms with Crippen molar-refractivity contribution in [2.45, 2.75) is 11.9 Å². The Morgan fingerprint density at radius 1 is 1.40 bits per heavy atom. The van der Waals surface area contributed by atoms with Crippen LogP contribution in [-0.2, 0) is 26.1 Å². The standard InChI is InChI=1S/C14H20N2O3S/c17-14(13-10-15-6-8-19-13)16-7-9-20(18)11-12-4-2-1-3-5-12/h1-5,13,15H,6-11H2,(H,16,17). The van der Waals surface area contributed by atoms with Gasteiger partial charge in [0.15, 0.2) is 0 Å². The van der Waals surface area contributed by atoms with E-state index in [9.17, 15) is 9.00 Å². The summed E-state index contributed by atoms with van der Waals surface area (Å²) in [5, 5.41) is 5.87. The Bertz CT molecular complexity index is 447. The number of carbonyl (C=O) groups is 1. The lowest BCUT2D eigenvalue weighted by Gasteiger charge is -2.22. The Labute approximate surface area is 121 Å². The summed E-state index contributed by atoms with van der Waals surface area (Å²) >= 11 is 0. The molecule has 1 aromatic rings. The van der Waals surface area contributed by atoms with Crippen LogP contribution < -0.4 is 10.6 Å². The fourth-order valence-electron chi connectivity index (χ4n) is 1.97. The number of morpholine rings is 1. The number of hydrogen-bond donors (Lipinski definition) is 2. The number of rotatable bonds is 6. The Balaban J connectivity index is 1.65. The van der Waals surface area contributed by atoms with E-state index in [1.54, 1.807) is 0 Å². The van der Waals surface area contributed by atoms with Gasteiger partial charge in [-0.05, 0) is 5.56 Å². The fourth-order valence-corrected chi connectivity index (χ4v) is 3.01. The first-order chi connectivity index (χ1) is 9.75. The third-order valence-corrected chi connectivity index (χ3v) is 4.33. The highest BCUT2D eigenvalue weighted by Gasteiger charge is 2.21. The van der Waals surface area contributed by atoms with Gasteiger partial charge in [-0.1, -0.05) is 30.3 Å². The molecule has 0 aliphatic carbocycles. The molecule has 1 aromatic carbocycles. The van der Waals surface area contributed by atoms with Gasteiger partial charge in [-0.3, -0.25) is 9.00 Å². The highest BCUT2D eigenvalue weighted by atomic mass is 32.2. The molecule has 1 aliphatic heterocycles. The molecule has 2 rings (SSSR count). The highest BCUT2D eigenvalue weighted by molar-refractivity contribution is 7.84. The van der Waals surface area contributed by atoms with Crippen molar-refractivity contribution in [2.75, 3.05) is 32.0 Å². The van der Waals surface area contributed by atoms with Gasteiger partial charge in [0, 0.05) is 41.9 Å². The van der Waals surface area contributed by atoms with E-state index in [-0.39, 0.29) is 5.91 Å². The van der Waals surface area contributed by atoms with Crippen LogP contribution in [0.1, 0.15) is 5.56 Å². The minimum absolute atomic E-state index is 0.131. The molecule has 20 heavy (non-hydrogen) atoms. The van der Waals surface area contributed by atoms with Gasteiger partial charge in [-0.15, -0.1) is 0 Å². The minimum atomic E-state index is -0.964. The fraction of sp³-hybridized carbons (Fsp3) is 0.500. The molecule has 0 spiro atoms. The number of amides is 1. The molecule has 1 aliphatic rings. The maximum atomic E-state index is 11.9. The second-order valence-corrected chi connectivity index (χ2v) is 6.21. The van der Waals surface area contributed by atoms with Gasteiger partial charge in [0.1, 0.15) is 6.10 Å². The van der Waals surface area contributed by atoms with Gasteiger partial charge in [-0.25, -0.2) is 0 Å². The van der Waals surface area contributed by atoms with Gasteiger partial charge in [-0.2, -0.15) is 0 Å². The third kappa shape index (κ3) is 5.03. The lowest BCUT2D eigenvalue weighted by atomic mass is 10.2. The largest absolute Gasteiger partial charge is 0.366 e. The Morgan fingerprint density at radius 2 is 2.20 bits per heavy atom. The molecule has 0 aromatic heterocycles. The van der Waals surface area contributed by atoms with Crippen LogP contribution in [0.2, 0.25) is 0 Å². The molecule has 2 atom stereocenters. The van der Waals surface area contributed by atoms with Gasteiger partial charge >= 0.3 is 0 Å². The van der Waals surface area contributed by atoms with Crippen molar-refractivity contribution in [1.29, 1.82) is 0 Å². The molecule has 6 heteroatoms. The molecule has 1 fully saturated rings. The second-order valence-electron chi connectivity index (χ2n) is 4.63. The molecule has 5 nitrogen and oxygen atoms in total. The number of ether oxygens (including phenoxy) is 1. The van der Waals surface area contributed by atoms with Gasteiger partial charge < -0.3 is 15.4 Å². The van der Waals surface area contributed by atoms with Crippen molar-refractivity contribution >= 4 is 16.7 Å². The first-order valence-corrected chi connectivity index (χ1v) is 8.23. The lowest BCUT2D eigenvalue weighted by Crippen LogP contribution is -2.48. The Morgan fingerprint density at radius 3 is 2.90 bits per heavy atom. The normalized spacial score (nSPS) is 20.3. The molecule has 0 saturated carbocycles. The van der Waals surface area contributed by atoms with E-state index >= 15 is 0 Å². The zero-order valence-corrected chi connectivity index (χ0v) is 12.2. The molecule has 0 bridgehead atoms. The molecule has 110 valence electrons. The zero-order chi connectivity index (χ0) is 14.2. The summed E-state index contributed by atoms with van der Waals surface area (Å²) in [5.74, 6) is 0.854. The molecular formula is C14H20N2O3S. The van der Waals surface area contributed by atoms with Crippen LogP contribution in [0.25, 0.3) is 0 Å². The monoisotopic (exact) mass is 296 g/mol. The summed E-state index contributed by atoms with van der Waals surface area (Å²) in [7, 11) is -0.964. The molecule has 2 unspecified atom stereocenters. The van der Waals surface area contributed by atoms with Crippen LogP contribution in [0.15, 0.2) is 30.3 Å². The molecular weight excluding hydrogens is 276 g/mol. The summed E-state index contributed by atoms with van der Waals surface area (Å²) < 4.78 is 17.2. The van der Waals surface area contributed by atoms with E-state index in [4.69, 9.17) is 4.74 Å². The van der Waals surface area contributed by atoms with Crippen molar-refractivity contribution in [1.82, 2.24) is 10.6 Å². The molecule has 1 amide bonds. The molecule has 1 heterocycles. The maximum Gasteiger partial charge on any atom is 0.250 e.